The second kappa shape index (κ2) is 4.66. The van der Waals surface area contributed by atoms with Crippen molar-refractivity contribution in [3.63, 3.8) is 0 Å². The lowest BCUT2D eigenvalue weighted by molar-refractivity contribution is 0.417. The first-order valence-electron chi connectivity index (χ1n) is 4.77. The predicted molar refractivity (Wildman–Crippen MR) is 60.0 cm³/mol. The van der Waals surface area contributed by atoms with Crippen molar-refractivity contribution in [2.45, 2.75) is 6.04 Å². The van der Waals surface area contributed by atoms with Crippen molar-refractivity contribution in [2.75, 3.05) is 19.6 Å². The minimum absolute atomic E-state index is 0.107. The first-order valence-corrected chi connectivity index (χ1v) is 5.53. The van der Waals surface area contributed by atoms with Gasteiger partial charge in [-0.25, -0.2) is 4.39 Å². The van der Waals surface area contributed by atoms with Gasteiger partial charge in [0.15, 0.2) is 0 Å². The van der Waals surface area contributed by atoms with Gasteiger partial charge in [-0.15, -0.1) is 0 Å². The van der Waals surface area contributed by atoms with Gasteiger partial charge in [-0.2, -0.15) is 0 Å². The molecule has 0 radical (unpaired) electrons. The Balaban J connectivity index is 2.36. The second-order valence-electron chi connectivity index (χ2n) is 3.47. The third kappa shape index (κ3) is 2.26. The Labute approximate surface area is 97.8 Å². The van der Waals surface area contributed by atoms with Gasteiger partial charge in [0.2, 0.25) is 0 Å². The molecule has 1 aromatic carbocycles. The molecule has 0 spiro atoms. The minimum atomic E-state index is -0.426. The highest BCUT2D eigenvalue weighted by atomic mass is 35.5. The summed E-state index contributed by atoms with van der Waals surface area (Å²) in [6.45, 7) is 2.35. The summed E-state index contributed by atoms with van der Waals surface area (Å²) in [5.41, 5.74) is 0.455. The molecule has 2 N–H and O–H groups in total. The number of benzene rings is 1. The molecule has 0 amide bonds. The lowest BCUT2D eigenvalue weighted by atomic mass is 10.0. The normalized spacial score (nSPS) is 21.7. The highest BCUT2D eigenvalue weighted by Gasteiger charge is 2.22. The summed E-state index contributed by atoms with van der Waals surface area (Å²) in [6.07, 6.45) is 0. The zero-order valence-corrected chi connectivity index (χ0v) is 9.50. The van der Waals surface area contributed by atoms with E-state index in [4.69, 9.17) is 23.2 Å². The predicted octanol–water partition coefficient (Wildman–Crippen LogP) is 2.37. The number of hydrogen-bond donors (Lipinski definition) is 2. The number of nitrogens with one attached hydrogen (secondary N) is 2. The van der Waals surface area contributed by atoms with E-state index in [1.807, 2.05) is 0 Å². The summed E-state index contributed by atoms with van der Waals surface area (Å²) < 4.78 is 13.8. The Bertz CT molecular complexity index is 365. The molecule has 0 unspecified atom stereocenters. The Hall–Kier alpha value is -0.350. The van der Waals surface area contributed by atoms with Crippen LogP contribution in [0.1, 0.15) is 11.6 Å². The van der Waals surface area contributed by atoms with E-state index in [1.54, 1.807) is 6.07 Å². The quantitative estimate of drug-likeness (QED) is 0.746. The van der Waals surface area contributed by atoms with E-state index in [0.717, 1.165) is 13.1 Å². The molecule has 82 valence electrons. The van der Waals surface area contributed by atoms with Gasteiger partial charge in [-0.1, -0.05) is 23.2 Å². The van der Waals surface area contributed by atoms with Crippen LogP contribution in [-0.4, -0.2) is 19.6 Å². The molecule has 2 rings (SSSR count). The molecule has 1 fully saturated rings. The van der Waals surface area contributed by atoms with Gasteiger partial charge in [0, 0.05) is 36.3 Å². The fourth-order valence-electron chi connectivity index (χ4n) is 1.72. The molecular weight excluding hydrogens is 238 g/mol. The van der Waals surface area contributed by atoms with Gasteiger partial charge in [-0.3, -0.25) is 0 Å². The van der Waals surface area contributed by atoms with E-state index in [1.165, 1.54) is 6.07 Å². The molecular formula is C10H11Cl2FN2. The van der Waals surface area contributed by atoms with Gasteiger partial charge in [0.25, 0.3) is 0 Å². The molecule has 1 aromatic rings. The highest BCUT2D eigenvalue weighted by molar-refractivity contribution is 6.33. The van der Waals surface area contributed by atoms with E-state index >= 15 is 0 Å². The van der Waals surface area contributed by atoms with Crippen molar-refractivity contribution in [1.29, 1.82) is 0 Å². The Kier molecular flexibility index (Phi) is 3.46. The third-order valence-corrected chi connectivity index (χ3v) is 3.09. The Morgan fingerprint density at radius 1 is 1.20 bits per heavy atom. The molecule has 15 heavy (non-hydrogen) atoms. The molecule has 0 aliphatic carbocycles. The zero-order chi connectivity index (χ0) is 10.8. The van der Waals surface area contributed by atoms with Crippen LogP contribution in [0.25, 0.3) is 0 Å². The van der Waals surface area contributed by atoms with Crippen molar-refractivity contribution < 1.29 is 4.39 Å². The van der Waals surface area contributed by atoms with Gasteiger partial charge in [0.05, 0.1) is 5.02 Å². The maximum absolute atomic E-state index is 13.8. The SMILES string of the molecule is Fc1c(Cl)ccc(Cl)c1[C@H]1CNCCN1. The van der Waals surface area contributed by atoms with Crippen LogP contribution in [0.15, 0.2) is 12.1 Å². The van der Waals surface area contributed by atoms with E-state index < -0.39 is 5.82 Å². The lowest BCUT2D eigenvalue weighted by Crippen LogP contribution is -2.43. The van der Waals surface area contributed by atoms with Crippen molar-refractivity contribution in [1.82, 2.24) is 10.6 Å². The topological polar surface area (TPSA) is 24.1 Å². The molecule has 0 aromatic heterocycles. The van der Waals surface area contributed by atoms with Crippen molar-refractivity contribution in [3.05, 3.63) is 33.6 Å². The maximum atomic E-state index is 13.8. The summed E-state index contributed by atoms with van der Waals surface area (Å²) in [7, 11) is 0. The summed E-state index contributed by atoms with van der Waals surface area (Å²) >= 11 is 11.7. The molecule has 1 aliphatic rings. The van der Waals surface area contributed by atoms with Crippen molar-refractivity contribution in [3.8, 4) is 0 Å². The summed E-state index contributed by atoms with van der Waals surface area (Å²) in [6, 6.07) is 2.99. The fraction of sp³-hybridized carbons (Fsp3) is 0.400. The smallest absolute Gasteiger partial charge is 0.148 e. The van der Waals surface area contributed by atoms with E-state index in [2.05, 4.69) is 10.6 Å². The van der Waals surface area contributed by atoms with Crippen molar-refractivity contribution in [2.24, 2.45) is 0 Å². The van der Waals surface area contributed by atoms with E-state index in [9.17, 15) is 4.39 Å². The van der Waals surface area contributed by atoms with Crippen LogP contribution in [0.5, 0.6) is 0 Å². The average Bonchev–Trinajstić information content (AvgIpc) is 2.26. The molecule has 1 saturated heterocycles. The zero-order valence-electron chi connectivity index (χ0n) is 7.99. The molecule has 5 heteroatoms. The summed E-state index contributed by atoms with van der Waals surface area (Å²) in [4.78, 5) is 0. The monoisotopic (exact) mass is 248 g/mol. The summed E-state index contributed by atoms with van der Waals surface area (Å²) in [5.74, 6) is -0.426. The minimum Gasteiger partial charge on any atom is -0.314 e. The maximum Gasteiger partial charge on any atom is 0.148 e. The lowest BCUT2D eigenvalue weighted by Gasteiger charge is -2.26. The number of hydrogen-bond acceptors (Lipinski definition) is 2. The largest absolute Gasteiger partial charge is 0.314 e. The van der Waals surface area contributed by atoms with Gasteiger partial charge < -0.3 is 10.6 Å². The summed E-state index contributed by atoms with van der Waals surface area (Å²) in [5, 5.41) is 6.90. The van der Waals surface area contributed by atoms with Crippen LogP contribution in [0, 0.1) is 5.82 Å². The standard InChI is InChI=1S/C10H11Cl2FN2/c11-6-1-2-7(12)10(13)9(6)8-5-14-3-4-15-8/h1-2,8,14-15H,3-5H2/t8-/m1/s1. The molecule has 0 saturated carbocycles. The first kappa shape index (κ1) is 11.1. The van der Waals surface area contributed by atoms with E-state index in [0.29, 0.717) is 17.1 Å². The highest BCUT2D eigenvalue weighted by Crippen LogP contribution is 2.30. The number of halogens is 3. The Morgan fingerprint density at radius 3 is 2.60 bits per heavy atom. The average molecular weight is 249 g/mol. The van der Waals surface area contributed by atoms with Crippen LogP contribution in [-0.2, 0) is 0 Å². The number of piperazine rings is 1. The third-order valence-electron chi connectivity index (χ3n) is 2.47. The number of rotatable bonds is 1. The van der Waals surface area contributed by atoms with E-state index in [-0.39, 0.29) is 11.1 Å². The molecule has 1 atom stereocenters. The van der Waals surface area contributed by atoms with Crippen LogP contribution >= 0.6 is 23.2 Å². The molecule has 2 nitrogen and oxygen atoms in total. The van der Waals surface area contributed by atoms with Crippen LogP contribution in [0.4, 0.5) is 4.39 Å². The molecule has 1 heterocycles. The van der Waals surface area contributed by atoms with Crippen LogP contribution in [0.3, 0.4) is 0 Å². The fourth-order valence-corrected chi connectivity index (χ4v) is 2.16. The van der Waals surface area contributed by atoms with Crippen LogP contribution in [0.2, 0.25) is 10.0 Å². The van der Waals surface area contributed by atoms with Crippen molar-refractivity contribution >= 4 is 23.2 Å². The van der Waals surface area contributed by atoms with Crippen LogP contribution < -0.4 is 10.6 Å². The van der Waals surface area contributed by atoms with Gasteiger partial charge in [0.1, 0.15) is 5.82 Å². The second-order valence-corrected chi connectivity index (χ2v) is 4.28. The van der Waals surface area contributed by atoms with Gasteiger partial charge in [-0.05, 0) is 12.1 Å². The Morgan fingerprint density at radius 2 is 1.93 bits per heavy atom. The van der Waals surface area contributed by atoms with Gasteiger partial charge >= 0.3 is 0 Å². The first-order chi connectivity index (χ1) is 7.20. The molecule has 0 bridgehead atoms. The molecule has 1 aliphatic heterocycles.